The second-order valence-electron chi connectivity index (χ2n) is 7.21. The summed E-state index contributed by atoms with van der Waals surface area (Å²) < 4.78 is 58.9. The number of benzene rings is 2. The normalized spacial score (nSPS) is 12.2. The lowest BCUT2D eigenvalue weighted by Crippen LogP contribution is -2.43. The summed E-state index contributed by atoms with van der Waals surface area (Å²) in [5.74, 6) is -2.48. The van der Waals surface area contributed by atoms with Crippen molar-refractivity contribution in [3.05, 3.63) is 70.9 Å². The van der Waals surface area contributed by atoms with E-state index in [1.807, 2.05) is 0 Å². The number of amides is 2. The van der Waals surface area contributed by atoms with Crippen LogP contribution >= 0.6 is 11.6 Å². The van der Waals surface area contributed by atoms with Crippen molar-refractivity contribution in [2.45, 2.75) is 25.6 Å². The van der Waals surface area contributed by atoms with Gasteiger partial charge in [-0.15, -0.1) is 0 Å². The highest BCUT2D eigenvalue weighted by molar-refractivity contribution is 6.31. The minimum absolute atomic E-state index is 0.0207. The highest BCUT2D eigenvalue weighted by Gasteiger charge is 2.28. The van der Waals surface area contributed by atoms with Crippen molar-refractivity contribution in [2.24, 2.45) is 0 Å². The Hall–Kier alpha value is -3.44. The molecule has 0 spiro atoms. The molecule has 0 aliphatic rings. The van der Waals surface area contributed by atoms with Crippen LogP contribution in [0.1, 0.15) is 12.0 Å². The Balaban J connectivity index is 1.80. The summed E-state index contributed by atoms with van der Waals surface area (Å²) in [5, 5.41) is 3.01. The number of ether oxygens (including phenoxy) is 1. The van der Waals surface area contributed by atoms with E-state index in [4.69, 9.17) is 22.1 Å². The third-order valence-electron chi connectivity index (χ3n) is 4.70. The van der Waals surface area contributed by atoms with Crippen LogP contribution in [0.3, 0.4) is 0 Å². The fourth-order valence-corrected chi connectivity index (χ4v) is 3.38. The number of hydrogen-bond acceptors (Lipinski definition) is 5. The number of nitrogens with one attached hydrogen (secondary N) is 2. The molecular weight excluding hydrogens is 480 g/mol. The smallest absolute Gasteiger partial charge is 0.414 e. The molecule has 1 atom stereocenters. The molecular formula is C22H18ClF4N4O3. The molecule has 1 radical (unpaired) electrons. The topological polar surface area (TPSA) is 95.3 Å². The zero-order chi connectivity index (χ0) is 24.8. The highest BCUT2D eigenvalue weighted by Crippen LogP contribution is 2.24. The zero-order valence-corrected chi connectivity index (χ0v) is 18.2. The van der Waals surface area contributed by atoms with Crippen molar-refractivity contribution in [3.8, 4) is 0 Å². The number of hydrogen-bond donors (Lipinski definition) is 1. The first kappa shape index (κ1) is 25.2. The minimum Gasteiger partial charge on any atom is -0.429 e. The fraction of sp³-hybridized carbons (Fsp3) is 0.227. The molecule has 2 aromatic carbocycles. The largest absolute Gasteiger partial charge is 0.429 e. The van der Waals surface area contributed by atoms with Crippen molar-refractivity contribution < 1.29 is 31.9 Å². The molecule has 0 aliphatic carbocycles. The van der Waals surface area contributed by atoms with E-state index in [1.165, 1.54) is 42.6 Å². The molecule has 179 valence electrons. The van der Waals surface area contributed by atoms with Crippen LogP contribution in [0.25, 0.3) is 10.8 Å². The summed E-state index contributed by atoms with van der Waals surface area (Å²) in [6, 6.07) is 9.13. The molecule has 0 saturated heterocycles. The summed E-state index contributed by atoms with van der Waals surface area (Å²) in [4.78, 5) is 28.8. The van der Waals surface area contributed by atoms with Crippen LogP contribution in [0, 0.1) is 11.6 Å². The van der Waals surface area contributed by atoms with E-state index in [-0.39, 0.29) is 22.9 Å². The van der Waals surface area contributed by atoms with Gasteiger partial charge in [-0.25, -0.2) is 27.3 Å². The lowest BCUT2D eigenvalue weighted by molar-refractivity contribution is -0.125. The Kier molecular flexibility index (Phi) is 8.24. The third kappa shape index (κ3) is 6.78. The Bertz CT molecular complexity index is 1200. The van der Waals surface area contributed by atoms with Crippen molar-refractivity contribution in [1.82, 2.24) is 15.6 Å². The fourth-order valence-electron chi connectivity index (χ4n) is 3.19. The van der Waals surface area contributed by atoms with Gasteiger partial charge >= 0.3 is 6.09 Å². The first-order chi connectivity index (χ1) is 16.1. The maximum atomic E-state index is 13.8. The molecule has 0 aliphatic heterocycles. The van der Waals surface area contributed by atoms with Gasteiger partial charge < -0.3 is 4.74 Å². The minimum atomic E-state index is -2.90. The van der Waals surface area contributed by atoms with E-state index in [9.17, 15) is 27.2 Å². The second kappa shape index (κ2) is 11.1. The van der Waals surface area contributed by atoms with Crippen LogP contribution in [0.15, 0.2) is 48.7 Å². The van der Waals surface area contributed by atoms with Crippen molar-refractivity contribution in [1.29, 1.82) is 0 Å². The predicted molar refractivity (Wildman–Crippen MR) is 116 cm³/mol. The first-order valence-corrected chi connectivity index (χ1v) is 10.2. The predicted octanol–water partition coefficient (Wildman–Crippen LogP) is 5.01. The summed E-state index contributed by atoms with van der Waals surface area (Å²) >= 11 is 5.91. The SMILES string of the molecule is [NH]C(=O)CC(OC(=O)Nc1cc2cc(F)ccc2cn1)N(Cc1cccc(F)c1Cl)CC(F)F. The molecule has 12 heteroatoms. The summed E-state index contributed by atoms with van der Waals surface area (Å²) in [6.45, 7) is -1.34. The molecule has 2 N–H and O–H groups in total. The van der Waals surface area contributed by atoms with Gasteiger partial charge in [-0.3, -0.25) is 20.7 Å². The van der Waals surface area contributed by atoms with Gasteiger partial charge in [0.1, 0.15) is 17.5 Å². The number of carbonyl (C=O) groups is 2. The molecule has 2 amide bonds. The Morgan fingerprint density at radius 2 is 1.91 bits per heavy atom. The number of carbonyl (C=O) groups excluding carboxylic acids is 2. The van der Waals surface area contributed by atoms with Crippen LogP contribution in [0.4, 0.5) is 28.2 Å². The Labute approximate surface area is 196 Å². The van der Waals surface area contributed by atoms with Crippen LogP contribution < -0.4 is 11.1 Å². The second-order valence-corrected chi connectivity index (χ2v) is 7.58. The van der Waals surface area contributed by atoms with E-state index >= 15 is 0 Å². The molecule has 7 nitrogen and oxygen atoms in total. The van der Waals surface area contributed by atoms with Crippen molar-refractivity contribution in [2.75, 3.05) is 11.9 Å². The summed E-state index contributed by atoms with van der Waals surface area (Å²) in [6.07, 6.45) is -5.00. The first-order valence-electron chi connectivity index (χ1n) is 9.85. The van der Waals surface area contributed by atoms with Gasteiger partial charge in [0.05, 0.1) is 18.0 Å². The number of rotatable bonds is 9. The van der Waals surface area contributed by atoms with E-state index in [0.717, 1.165) is 11.0 Å². The van der Waals surface area contributed by atoms with Gasteiger partial charge in [-0.2, -0.15) is 0 Å². The molecule has 34 heavy (non-hydrogen) atoms. The number of nitrogens with zero attached hydrogens (tertiary/aromatic N) is 2. The number of anilines is 1. The molecule has 1 aromatic heterocycles. The van der Waals surface area contributed by atoms with Crippen molar-refractivity contribution in [3.63, 3.8) is 0 Å². The summed E-state index contributed by atoms with van der Waals surface area (Å²) in [7, 11) is 0. The average molecular weight is 498 g/mol. The van der Waals surface area contributed by atoms with E-state index < -0.39 is 49.3 Å². The van der Waals surface area contributed by atoms with E-state index in [2.05, 4.69) is 10.3 Å². The van der Waals surface area contributed by atoms with Gasteiger partial charge in [-0.1, -0.05) is 23.7 Å². The Morgan fingerprint density at radius 3 is 2.62 bits per heavy atom. The van der Waals surface area contributed by atoms with Gasteiger partial charge in [0, 0.05) is 18.1 Å². The number of fused-ring (bicyclic) bond motifs is 1. The maximum Gasteiger partial charge on any atom is 0.414 e. The zero-order valence-electron chi connectivity index (χ0n) is 17.4. The monoisotopic (exact) mass is 497 g/mol. The molecule has 3 aromatic rings. The van der Waals surface area contributed by atoms with Crippen LogP contribution in [-0.2, 0) is 16.1 Å². The molecule has 1 unspecified atom stereocenters. The number of alkyl halides is 2. The van der Waals surface area contributed by atoms with Crippen LogP contribution in [0.2, 0.25) is 5.02 Å². The highest BCUT2D eigenvalue weighted by atomic mass is 35.5. The lowest BCUT2D eigenvalue weighted by atomic mass is 10.2. The van der Waals surface area contributed by atoms with Gasteiger partial charge in [-0.05, 0) is 41.3 Å². The van der Waals surface area contributed by atoms with Crippen LogP contribution in [-0.4, -0.2) is 41.1 Å². The standard InChI is InChI=1S/C22H18ClF4N4O3/c23-21-13(2-1-3-16(21)25)10-31(11-17(26)27)20(8-18(28)32)34-22(33)30-19-7-14-6-15(24)5-4-12(14)9-29-19/h1-7,9,17,20,28H,8,10-11H2,(H,29,30,33). The number of halogens is 5. The van der Waals surface area contributed by atoms with Gasteiger partial charge in [0.2, 0.25) is 5.91 Å². The quantitative estimate of drug-likeness (QED) is 0.331. The van der Waals surface area contributed by atoms with Crippen LogP contribution in [0.5, 0.6) is 0 Å². The average Bonchev–Trinajstić information content (AvgIpc) is 2.75. The Morgan fingerprint density at radius 1 is 1.15 bits per heavy atom. The molecule has 0 bridgehead atoms. The van der Waals surface area contributed by atoms with Gasteiger partial charge in [0.15, 0.2) is 6.23 Å². The maximum absolute atomic E-state index is 13.8. The van der Waals surface area contributed by atoms with E-state index in [1.54, 1.807) is 0 Å². The third-order valence-corrected chi connectivity index (χ3v) is 5.13. The van der Waals surface area contributed by atoms with Gasteiger partial charge in [0.25, 0.3) is 6.43 Å². The molecule has 0 fully saturated rings. The van der Waals surface area contributed by atoms with Crippen molar-refractivity contribution >= 4 is 40.2 Å². The molecule has 1 heterocycles. The van der Waals surface area contributed by atoms with E-state index in [0.29, 0.717) is 10.8 Å². The molecule has 0 saturated carbocycles. The summed E-state index contributed by atoms with van der Waals surface area (Å²) in [5.41, 5.74) is 7.33. The number of aromatic nitrogens is 1. The lowest BCUT2D eigenvalue weighted by Gasteiger charge is -2.30. The molecule has 3 rings (SSSR count). The number of pyridine rings is 1.